The van der Waals surface area contributed by atoms with Crippen molar-refractivity contribution in [3.8, 4) is 5.75 Å². The maximum Gasteiger partial charge on any atom is 0.419 e. The van der Waals surface area contributed by atoms with Gasteiger partial charge in [0.25, 0.3) is 5.91 Å². The van der Waals surface area contributed by atoms with Crippen molar-refractivity contribution in [2.45, 2.75) is 44.5 Å². The number of carbonyl (C=O) groups excluding carboxylic acids is 1. The number of hydrogen-bond donors (Lipinski definition) is 1. The van der Waals surface area contributed by atoms with Gasteiger partial charge in [0.2, 0.25) is 0 Å². The van der Waals surface area contributed by atoms with Gasteiger partial charge in [0, 0.05) is 6.54 Å². The lowest BCUT2D eigenvalue weighted by atomic mass is 10.0. The minimum Gasteiger partial charge on any atom is -0.480 e. The smallest absolute Gasteiger partial charge is 0.419 e. The maximum atomic E-state index is 13.0. The summed E-state index contributed by atoms with van der Waals surface area (Å²) in [5, 5.41) is 9.20. The van der Waals surface area contributed by atoms with Crippen LogP contribution in [0.2, 0.25) is 0 Å². The lowest BCUT2D eigenvalue weighted by molar-refractivity contribution is -0.155. The Hall–Kier alpha value is -2.25. The molecule has 8 heteroatoms. The largest absolute Gasteiger partial charge is 0.480 e. The van der Waals surface area contributed by atoms with Gasteiger partial charge in [0.05, 0.1) is 5.56 Å². The van der Waals surface area contributed by atoms with Crippen molar-refractivity contribution in [2.75, 3.05) is 6.54 Å². The Morgan fingerprint density at radius 2 is 1.96 bits per heavy atom. The highest BCUT2D eigenvalue weighted by Gasteiger charge is 2.37. The number of benzene rings is 1. The number of carbonyl (C=O) groups is 2. The van der Waals surface area contributed by atoms with Crippen LogP contribution < -0.4 is 4.74 Å². The number of ether oxygens (including phenoxy) is 1. The normalized spacial score (nSPS) is 19.7. The van der Waals surface area contributed by atoms with Gasteiger partial charge >= 0.3 is 12.1 Å². The summed E-state index contributed by atoms with van der Waals surface area (Å²) in [5.41, 5.74) is -0.974. The van der Waals surface area contributed by atoms with E-state index in [2.05, 4.69) is 0 Å². The van der Waals surface area contributed by atoms with Crippen molar-refractivity contribution >= 4 is 11.9 Å². The number of rotatable bonds is 4. The standard InChI is InChI=1S/C16H18F3NO4/c1-10(14(21)20-9-5-4-7-12(20)15(22)23)24-13-8-3-2-6-11(13)16(17,18)19/h2-3,6,8,10,12H,4-5,7,9H2,1H3,(H,22,23)/t10?,12-/m1/s1. The van der Waals surface area contributed by atoms with Gasteiger partial charge in [-0.15, -0.1) is 0 Å². The van der Waals surface area contributed by atoms with Crippen molar-refractivity contribution in [1.29, 1.82) is 0 Å². The third-order valence-electron chi connectivity index (χ3n) is 3.91. The molecule has 1 amide bonds. The monoisotopic (exact) mass is 345 g/mol. The van der Waals surface area contributed by atoms with Crippen molar-refractivity contribution in [1.82, 2.24) is 4.90 Å². The Morgan fingerprint density at radius 3 is 2.58 bits per heavy atom. The summed E-state index contributed by atoms with van der Waals surface area (Å²) >= 11 is 0. The number of para-hydroxylation sites is 1. The Kier molecular flexibility index (Phi) is 5.36. The number of carboxylic acids is 1. The Morgan fingerprint density at radius 1 is 1.29 bits per heavy atom. The quantitative estimate of drug-likeness (QED) is 0.911. The fourth-order valence-corrected chi connectivity index (χ4v) is 2.73. The number of amides is 1. The van der Waals surface area contributed by atoms with E-state index < -0.39 is 41.5 Å². The highest BCUT2D eigenvalue weighted by Crippen LogP contribution is 2.36. The molecule has 1 aliphatic heterocycles. The van der Waals surface area contributed by atoms with E-state index in [1.807, 2.05) is 0 Å². The molecule has 1 fully saturated rings. The lowest BCUT2D eigenvalue weighted by Gasteiger charge is -2.34. The van der Waals surface area contributed by atoms with Crippen LogP contribution in [0.25, 0.3) is 0 Å². The van der Waals surface area contributed by atoms with E-state index in [-0.39, 0.29) is 6.54 Å². The summed E-state index contributed by atoms with van der Waals surface area (Å²) in [6, 6.07) is 3.65. The van der Waals surface area contributed by atoms with E-state index in [4.69, 9.17) is 4.74 Å². The summed E-state index contributed by atoms with van der Waals surface area (Å²) in [6.07, 6.45) is -4.15. The SMILES string of the molecule is CC(Oc1ccccc1C(F)(F)F)C(=O)N1CCCC[C@@H]1C(=O)O. The van der Waals surface area contributed by atoms with Crippen molar-refractivity contribution in [2.24, 2.45) is 0 Å². The maximum absolute atomic E-state index is 13.0. The molecular formula is C16H18F3NO4. The molecule has 1 saturated heterocycles. The molecule has 0 radical (unpaired) electrons. The minimum absolute atomic E-state index is 0.254. The molecule has 0 aliphatic carbocycles. The van der Waals surface area contributed by atoms with Gasteiger partial charge in [-0.2, -0.15) is 13.2 Å². The first-order chi connectivity index (χ1) is 11.2. The number of aliphatic carboxylic acids is 1. The van der Waals surface area contributed by atoms with E-state index in [0.717, 1.165) is 12.1 Å². The minimum atomic E-state index is -4.60. The van der Waals surface area contributed by atoms with Gasteiger partial charge in [0.1, 0.15) is 11.8 Å². The van der Waals surface area contributed by atoms with Crippen LogP contribution in [-0.4, -0.2) is 40.6 Å². The molecule has 1 aromatic carbocycles. The second-order valence-electron chi connectivity index (χ2n) is 5.64. The highest BCUT2D eigenvalue weighted by atomic mass is 19.4. The molecule has 132 valence electrons. The molecule has 0 bridgehead atoms. The van der Waals surface area contributed by atoms with Gasteiger partial charge in [-0.3, -0.25) is 4.79 Å². The molecule has 1 unspecified atom stereocenters. The number of nitrogens with zero attached hydrogens (tertiary/aromatic N) is 1. The summed E-state index contributed by atoms with van der Waals surface area (Å²) in [5.74, 6) is -2.19. The molecule has 24 heavy (non-hydrogen) atoms. The summed E-state index contributed by atoms with van der Waals surface area (Å²) in [7, 11) is 0. The predicted molar refractivity (Wildman–Crippen MR) is 78.5 cm³/mol. The van der Waals surface area contributed by atoms with Crippen LogP contribution in [0, 0.1) is 0 Å². The van der Waals surface area contributed by atoms with Crippen LogP contribution in [0.3, 0.4) is 0 Å². The van der Waals surface area contributed by atoms with Crippen LogP contribution >= 0.6 is 0 Å². The Bertz CT molecular complexity index is 618. The number of likely N-dealkylation sites (tertiary alicyclic amines) is 1. The van der Waals surface area contributed by atoms with Gasteiger partial charge in [-0.1, -0.05) is 12.1 Å². The van der Waals surface area contributed by atoms with Gasteiger partial charge < -0.3 is 14.7 Å². The Labute approximate surface area is 137 Å². The van der Waals surface area contributed by atoms with Crippen LogP contribution in [0.5, 0.6) is 5.75 Å². The van der Waals surface area contributed by atoms with Gasteiger partial charge in [-0.25, -0.2) is 4.79 Å². The molecule has 5 nitrogen and oxygen atoms in total. The number of carboxylic acid groups (broad SMARTS) is 1. The summed E-state index contributed by atoms with van der Waals surface area (Å²) in [6.45, 7) is 1.58. The van der Waals surface area contributed by atoms with E-state index in [1.54, 1.807) is 0 Å². The van der Waals surface area contributed by atoms with Gasteiger partial charge in [0.15, 0.2) is 6.10 Å². The first kappa shape index (κ1) is 18.1. The van der Waals surface area contributed by atoms with Crippen LogP contribution in [0.4, 0.5) is 13.2 Å². The fraction of sp³-hybridized carbons (Fsp3) is 0.500. The molecule has 2 atom stereocenters. The molecule has 1 heterocycles. The zero-order valence-electron chi connectivity index (χ0n) is 13.0. The number of alkyl halides is 3. The molecular weight excluding hydrogens is 327 g/mol. The third kappa shape index (κ3) is 3.98. The van der Waals surface area contributed by atoms with Crippen molar-refractivity contribution in [3.05, 3.63) is 29.8 Å². The first-order valence-electron chi connectivity index (χ1n) is 7.58. The lowest BCUT2D eigenvalue weighted by Crippen LogP contribution is -2.52. The second-order valence-corrected chi connectivity index (χ2v) is 5.64. The van der Waals surface area contributed by atoms with Crippen LogP contribution in [0.1, 0.15) is 31.7 Å². The van der Waals surface area contributed by atoms with E-state index in [1.165, 1.54) is 24.0 Å². The summed E-state index contributed by atoms with van der Waals surface area (Å²) < 4.78 is 44.1. The van der Waals surface area contributed by atoms with Gasteiger partial charge in [-0.05, 0) is 38.3 Å². The summed E-state index contributed by atoms with van der Waals surface area (Å²) in [4.78, 5) is 24.9. The predicted octanol–water partition coefficient (Wildman–Crippen LogP) is 2.94. The molecule has 1 N–H and O–H groups in total. The Balaban J connectivity index is 2.16. The molecule has 0 spiro atoms. The second kappa shape index (κ2) is 7.11. The van der Waals surface area contributed by atoms with Crippen molar-refractivity contribution < 1.29 is 32.6 Å². The molecule has 0 aromatic heterocycles. The third-order valence-corrected chi connectivity index (χ3v) is 3.91. The first-order valence-corrected chi connectivity index (χ1v) is 7.58. The zero-order valence-corrected chi connectivity index (χ0v) is 13.0. The zero-order chi connectivity index (χ0) is 17.9. The van der Waals surface area contributed by atoms with E-state index >= 15 is 0 Å². The molecule has 2 rings (SSSR count). The van der Waals surface area contributed by atoms with Crippen LogP contribution in [-0.2, 0) is 15.8 Å². The highest BCUT2D eigenvalue weighted by molar-refractivity contribution is 5.86. The van der Waals surface area contributed by atoms with Crippen molar-refractivity contribution in [3.63, 3.8) is 0 Å². The van der Waals surface area contributed by atoms with E-state index in [9.17, 15) is 27.9 Å². The number of piperidine rings is 1. The molecule has 0 saturated carbocycles. The van der Waals surface area contributed by atoms with Crippen LogP contribution in [0.15, 0.2) is 24.3 Å². The average Bonchev–Trinajstić information content (AvgIpc) is 2.53. The number of hydrogen-bond acceptors (Lipinski definition) is 3. The topological polar surface area (TPSA) is 66.8 Å². The average molecular weight is 345 g/mol. The molecule has 1 aromatic rings. The van der Waals surface area contributed by atoms with E-state index in [0.29, 0.717) is 19.3 Å². The number of halogens is 3. The molecule has 1 aliphatic rings. The fourth-order valence-electron chi connectivity index (χ4n) is 2.73.